The third kappa shape index (κ3) is 2.53. The summed E-state index contributed by atoms with van der Waals surface area (Å²) in [7, 11) is 0. The molecule has 0 saturated carbocycles. The Morgan fingerprint density at radius 3 is 2.60 bits per heavy atom. The largest absolute Gasteiger partial charge is 0.352 e. The van der Waals surface area contributed by atoms with E-state index in [0.717, 1.165) is 37.9 Å². The number of nitrogens with zero attached hydrogens (tertiary/aromatic N) is 2. The number of halogens is 1. The molecule has 1 aliphatic heterocycles. The molecule has 4 rings (SSSR count). The number of nitrogens with one attached hydrogen (secondary N) is 2. The summed E-state index contributed by atoms with van der Waals surface area (Å²) in [5, 5.41) is 12.3. The lowest BCUT2D eigenvalue weighted by molar-refractivity contribution is 0.0936. The van der Waals surface area contributed by atoms with E-state index in [0.29, 0.717) is 5.15 Å². The van der Waals surface area contributed by atoms with Crippen molar-refractivity contribution in [2.24, 2.45) is 0 Å². The molecule has 2 aromatic heterocycles. The number of aromatic nitrogens is 2. The number of carbonyl (C=O) groups excluding carboxylic acids is 1. The minimum atomic E-state index is -0.401. The van der Waals surface area contributed by atoms with E-state index in [4.69, 9.17) is 11.6 Å². The van der Waals surface area contributed by atoms with Crippen LogP contribution in [-0.4, -0.2) is 15.7 Å². The van der Waals surface area contributed by atoms with Gasteiger partial charge in [-0.3, -0.25) is 4.79 Å². The second kappa shape index (κ2) is 5.89. The van der Waals surface area contributed by atoms with Gasteiger partial charge < -0.3 is 10.6 Å². The van der Waals surface area contributed by atoms with E-state index in [9.17, 15) is 4.79 Å². The monoisotopic (exact) mass is 372 g/mol. The molecule has 128 valence electrons. The number of benzene rings is 1. The van der Waals surface area contributed by atoms with Crippen molar-refractivity contribution in [2.75, 3.05) is 5.32 Å². The molecule has 1 aromatic carbocycles. The van der Waals surface area contributed by atoms with Crippen LogP contribution in [0.15, 0.2) is 30.3 Å². The maximum atomic E-state index is 12.6. The number of fused-ring (bicyclic) bond motifs is 1. The molecule has 0 fully saturated rings. The van der Waals surface area contributed by atoms with Crippen LogP contribution in [0.4, 0.5) is 5.00 Å². The molecule has 0 aliphatic carbocycles. The van der Waals surface area contributed by atoms with Crippen LogP contribution in [0.25, 0.3) is 5.69 Å². The molecule has 1 aliphatic rings. The predicted molar refractivity (Wildman–Crippen MR) is 101 cm³/mol. The first-order valence-corrected chi connectivity index (χ1v) is 9.14. The van der Waals surface area contributed by atoms with Crippen molar-refractivity contribution < 1.29 is 4.79 Å². The molecule has 0 radical (unpaired) electrons. The van der Waals surface area contributed by atoms with E-state index >= 15 is 0 Å². The van der Waals surface area contributed by atoms with E-state index in [1.165, 1.54) is 0 Å². The summed E-state index contributed by atoms with van der Waals surface area (Å²) in [5.41, 5.74) is 4.19. The number of amides is 1. The van der Waals surface area contributed by atoms with Crippen molar-refractivity contribution in [1.82, 2.24) is 15.1 Å². The molecule has 3 aromatic rings. The van der Waals surface area contributed by atoms with Crippen LogP contribution in [0.2, 0.25) is 5.15 Å². The first-order valence-electron chi connectivity index (χ1n) is 7.95. The molecule has 0 saturated heterocycles. The molecule has 25 heavy (non-hydrogen) atoms. The van der Waals surface area contributed by atoms with Gasteiger partial charge in [0.05, 0.1) is 22.5 Å². The predicted octanol–water partition coefficient (Wildman–Crippen LogP) is 4.37. The quantitative estimate of drug-likeness (QED) is 0.702. The molecule has 1 unspecified atom stereocenters. The molecular weight excluding hydrogens is 356 g/mol. The Morgan fingerprint density at radius 2 is 1.88 bits per heavy atom. The van der Waals surface area contributed by atoms with Crippen molar-refractivity contribution in [2.45, 2.75) is 26.9 Å². The highest BCUT2D eigenvalue weighted by Crippen LogP contribution is 2.39. The summed E-state index contributed by atoms with van der Waals surface area (Å²) in [6, 6.07) is 9.71. The van der Waals surface area contributed by atoms with Gasteiger partial charge in [-0.15, -0.1) is 11.3 Å². The number of hydrogen-bond donors (Lipinski definition) is 2. The fraction of sp³-hybridized carbons (Fsp3) is 0.222. The number of thiophene rings is 1. The van der Waals surface area contributed by atoms with Gasteiger partial charge in [0.25, 0.3) is 5.91 Å². The van der Waals surface area contributed by atoms with Crippen LogP contribution in [0.5, 0.6) is 0 Å². The minimum absolute atomic E-state index is 0.0801. The third-order valence-corrected chi connectivity index (χ3v) is 6.00. The number of rotatable bonds is 2. The Kier molecular flexibility index (Phi) is 3.81. The SMILES string of the molecule is Cc1nn(-c2ccccc2)c(Cl)c1C1NC(=O)c2c(sc(C)c2C)N1. The van der Waals surface area contributed by atoms with Crippen molar-refractivity contribution >= 4 is 33.8 Å². The standard InChI is InChI=1S/C18H17ClN4OS/c1-9-11(3)25-18-13(9)17(24)20-16(21-18)14-10(2)22-23(15(14)19)12-7-5-4-6-8-12/h4-8,16,21H,1-3H3,(H,20,24). The maximum Gasteiger partial charge on any atom is 0.256 e. The van der Waals surface area contributed by atoms with Crippen LogP contribution < -0.4 is 10.6 Å². The van der Waals surface area contributed by atoms with Gasteiger partial charge in [0.1, 0.15) is 16.3 Å². The number of carbonyl (C=O) groups is 1. The smallest absolute Gasteiger partial charge is 0.256 e. The zero-order valence-corrected chi connectivity index (χ0v) is 15.6. The van der Waals surface area contributed by atoms with E-state index in [1.54, 1.807) is 16.0 Å². The lowest BCUT2D eigenvalue weighted by Crippen LogP contribution is -2.38. The first kappa shape index (κ1) is 16.2. The van der Waals surface area contributed by atoms with Gasteiger partial charge in [-0.1, -0.05) is 29.8 Å². The number of aryl methyl sites for hydroxylation is 2. The Balaban J connectivity index is 1.77. The zero-order valence-electron chi connectivity index (χ0n) is 14.1. The highest BCUT2D eigenvalue weighted by atomic mass is 35.5. The van der Waals surface area contributed by atoms with Gasteiger partial charge in [0, 0.05) is 4.88 Å². The highest BCUT2D eigenvalue weighted by molar-refractivity contribution is 7.16. The minimum Gasteiger partial charge on any atom is -0.352 e. The third-order valence-electron chi connectivity index (χ3n) is 4.50. The second-order valence-corrected chi connectivity index (χ2v) is 7.66. The molecule has 1 atom stereocenters. The van der Waals surface area contributed by atoms with Gasteiger partial charge in [-0.2, -0.15) is 5.10 Å². The van der Waals surface area contributed by atoms with Crippen LogP contribution in [0.3, 0.4) is 0 Å². The Labute approximate surface area is 154 Å². The Bertz CT molecular complexity index is 977. The van der Waals surface area contributed by atoms with Gasteiger partial charge in [0.2, 0.25) is 0 Å². The maximum absolute atomic E-state index is 12.6. The van der Waals surface area contributed by atoms with Crippen molar-refractivity contribution in [3.8, 4) is 5.69 Å². The Morgan fingerprint density at radius 1 is 1.16 bits per heavy atom. The average Bonchev–Trinajstić information content (AvgIpc) is 3.04. The van der Waals surface area contributed by atoms with E-state index < -0.39 is 6.17 Å². The van der Waals surface area contributed by atoms with Gasteiger partial charge in [0.15, 0.2) is 0 Å². The lowest BCUT2D eigenvalue weighted by atomic mass is 10.1. The summed E-state index contributed by atoms with van der Waals surface area (Å²) >= 11 is 8.21. The number of para-hydroxylation sites is 1. The van der Waals surface area contributed by atoms with Crippen LogP contribution in [0.1, 0.15) is 38.2 Å². The summed E-state index contributed by atoms with van der Waals surface area (Å²) in [4.78, 5) is 13.7. The highest BCUT2D eigenvalue weighted by Gasteiger charge is 2.32. The molecule has 0 spiro atoms. The Hall–Kier alpha value is -2.31. The molecule has 0 bridgehead atoms. The van der Waals surface area contributed by atoms with E-state index in [1.807, 2.05) is 51.1 Å². The topological polar surface area (TPSA) is 59.0 Å². The molecule has 3 heterocycles. The van der Waals surface area contributed by atoms with Crippen LogP contribution in [-0.2, 0) is 0 Å². The molecule has 2 N–H and O–H groups in total. The molecular formula is C18H17ClN4OS. The normalized spacial score (nSPS) is 16.3. The van der Waals surface area contributed by atoms with Crippen molar-refractivity contribution in [1.29, 1.82) is 0 Å². The summed E-state index contributed by atoms with van der Waals surface area (Å²) < 4.78 is 1.69. The van der Waals surface area contributed by atoms with Gasteiger partial charge in [-0.25, -0.2) is 4.68 Å². The fourth-order valence-electron chi connectivity index (χ4n) is 3.10. The van der Waals surface area contributed by atoms with Crippen LogP contribution in [0, 0.1) is 20.8 Å². The average molecular weight is 373 g/mol. The fourth-order valence-corrected chi connectivity index (χ4v) is 4.56. The zero-order chi connectivity index (χ0) is 17.7. The van der Waals surface area contributed by atoms with E-state index in [-0.39, 0.29) is 5.91 Å². The van der Waals surface area contributed by atoms with Gasteiger partial charge >= 0.3 is 0 Å². The number of anilines is 1. The van der Waals surface area contributed by atoms with Crippen molar-refractivity contribution in [3.63, 3.8) is 0 Å². The van der Waals surface area contributed by atoms with Gasteiger partial charge in [-0.05, 0) is 38.5 Å². The second-order valence-electron chi connectivity index (χ2n) is 6.08. The summed E-state index contributed by atoms with van der Waals surface area (Å²) in [6.45, 7) is 5.89. The molecule has 1 amide bonds. The summed E-state index contributed by atoms with van der Waals surface area (Å²) in [5.74, 6) is -0.0801. The van der Waals surface area contributed by atoms with Crippen LogP contribution >= 0.6 is 22.9 Å². The molecule has 5 nitrogen and oxygen atoms in total. The van der Waals surface area contributed by atoms with Crippen molar-refractivity contribution in [3.05, 3.63) is 62.7 Å². The lowest BCUT2D eigenvalue weighted by Gasteiger charge is -2.26. The number of hydrogen-bond acceptors (Lipinski definition) is 4. The first-order chi connectivity index (χ1) is 12.0. The van der Waals surface area contributed by atoms with E-state index in [2.05, 4.69) is 15.7 Å². The molecule has 7 heteroatoms. The summed E-state index contributed by atoms with van der Waals surface area (Å²) in [6.07, 6.45) is -0.401.